The summed E-state index contributed by atoms with van der Waals surface area (Å²) in [5.41, 5.74) is 1.16. The second-order valence-electron chi connectivity index (χ2n) is 6.78. The molecule has 2 aliphatic heterocycles. The van der Waals surface area contributed by atoms with Crippen LogP contribution in [0, 0.1) is 5.92 Å². The summed E-state index contributed by atoms with van der Waals surface area (Å²) in [6.07, 6.45) is 3.66. The van der Waals surface area contributed by atoms with E-state index in [1.807, 2.05) is 23.1 Å². The molecule has 2 saturated heterocycles. The number of anilines is 1. The first-order chi connectivity index (χ1) is 11.4. The molecule has 2 unspecified atom stereocenters. The summed E-state index contributed by atoms with van der Waals surface area (Å²) in [5, 5.41) is 0. The Hall–Kier alpha value is -1.60. The predicted molar refractivity (Wildman–Crippen MR) is 94.3 cm³/mol. The number of carbonyl (C=O) groups excluding carboxylic acids is 1. The zero-order chi connectivity index (χ0) is 17.2. The summed E-state index contributed by atoms with van der Waals surface area (Å²) in [6, 6.07) is 9.99. The molecule has 6 nitrogen and oxygen atoms in total. The molecule has 0 saturated carbocycles. The van der Waals surface area contributed by atoms with Crippen LogP contribution >= 0.6 is 0 Å². The Bertz CT molecular complexity index is 678. The van der Waals surface area contributed by atoms with E-state index in [1.165, 1.54) is 6.26 Å². The van der Waals surface area contributed by atoms with E-state index in [9.17, 15) is 13.2 Å². The maximum absolute atomic E-state index is 12.8. The van der Waals surface area contributed by atoms with Crippen LogP contribution in [0.2, 0.25) is 0 Å². The largest absolute Gasteiger partial charge is 0.371 e. The fraction of sp³-hybridized carbons (Fsp3) is 0.588. The van der Waals surface area contributed by atoms with Gasteiger partial charge in [-0.25, -0.2) is 13.1 Å². The molecule has 3 rings (SSSR count). The summed E-state index contributed by atoms with van der Waals surface area (Å²) in [7, 11) is -3.23. The van der Waals surface area contributed by atoms with Gasteiger partial charge in [-0.2, -0.15) is 0 Å². The van der Waals surface area contributed by atoms with Gasteiger partial charge in [0.25, 0.3) is 0 Å². The van der Waals surface area contributed by atoms with Crippen LogP contribution in [0.3, 0.4) is 0 Å². The number of nitrogens with one attached hydrogen (secondary N) is 1. The average molecular weight is 351 g/mol. The van der Waals surface area contributed by atoms with Crippen molar-refractivity contribution in [2.45, 2.75) is 25.3 Å². The quantitative estimate of drug-likeness (QED) is 0.880. The van der Waals surface area contributed by atoms with E-state index in [-0.39, 0.29) is 17.9 Å². The summed E-state index contributed by atoms with van der Waals surface area (Å²) in [6.45, 7) is 2.83. The summed E-state index contributed by atoms with van der Waals surface area (Å²) in [5.74, 6) is 0.163. The van der Waals surface area contributed by atoms with Crippen LogP contribution in [-0.2, 0) is 14.8 Å². The van der Waals surface area contributed by atoms with Crippen molar-refractivity contribution in [3.05, 3.63) is 30.3 Å². The fourth-order valence-corrected chi connectivity index (χ4v) is 4.47. The van der Waals surface area contributed by atoms with Crippen molar-refractivity contribution in [1.29, 1.82) is 0 Å². The third kappa shape index (κ3) is 4.27. The van der Waals surface area contributed by atoms with Crippen molar-refractivity contribution in [3.63, 3.8) is 0 Å². The Morgan fingerprint density at radius 2 is 1.88 bits per heavy atom. The lowest BCUT2D eigenvalue weighted by Crippen LogP contribution is -2.51. The Kier molecular flexibility index (Phi) is 5.10. The molecule has 2 atom stereocenters. The predicted octanol–water partition coefficient (Wildman–Crippen LogP) is 1.05. The van der Waals surface area contributed by atoms with Crippen LogP contribution in [-0.4, -0.2) is 57.7 Å². The summed E-state index contributed by atoms with van der Waals surface area (Å²) < 4.78 is 25.5. The zero-order valence-corrected chi connectivity index (χ0v) is 14.8. The first-order valence-electron chi connectivity index (χ1n) is 8.48. The van der Waals surface area contributed by atoms with E-state index < -0.39 is 10.0 Å². The first kappa shape index (κ1) is 17.2. The lowest BCUT2D eigenvalue weighted by atomic mass is 10.0. The van der Waals surface area contributed by atoms with Gasteiger partial charge in [0.2, 0.25) is 15.9 Å². The van der Waals surface area contributed by atoms with Crippen LogP contribution < -0.4 is 9.62 Å². The van der Waals surface area contributed by atoms with E-state index in [4.69, 9.17) is 0 Å². The van der Waals surface area contributed by atoms with Crippen molar-refractivity contribution >= 4 is 21.6 Å². The van der Waals surface area contributed by atoms with E-state index in [2.05, 4.69) is 21.8 Å². The van der Waals surface area contributed by atoms with Gasteiger partial charge in [0.05, 0.1) is 12.2 Å². The van der Waals surface area contributed by atoms with Gasteiger partial charge >= 0.3 is 0 Å². The van der Waals surface area contributed by atoms with E-state index in [0.717, 1.165) is 44.6 Å². The number of hydrogen-bond donors (Lipinski definition) is 1. The normalized spacial score (nSPS) is 25.0. The molecule has 2 fully saturated rings. The molecular weight excluding hydrogens is 326 g/mol. The Morgan fingerprint density at radius 3 is 2.58 bits per heavy atom. The van der Waals surface area contributed by atoms with Gasteiger partial charge in [-0.3, -0.25) is 4.79 Å². The highest BCUT2D eigenvalue weighted by Gasteiger charge is 2.34. The average Bonchev–Trinajstić information content (AvgIpc) is 3.03. The van der Waals surface area contributed by atoms with Gasteiger partial charge in [-0.05, 0) is 31.4 Å². The molecule has 1 aromatic carbocycles. The molecular formula is C17H25N3O3S. The lowest BCUT2D eigenvalue weighted by molar-refractivity contribution is -0.136. The number of carbonyl (C=O) groups is 1. The third-order valence-corrected chi connectivity index (χ3v) is 5.53. The molecule has 0 radical (unpaired) electrons. The number of amides is 1. The molecule has 132 valence electrons. The number of benzene rings is 1. The minimum atomic E-state index is -3.23. The van der Waals surface area contributed by atoms with Crippen molar-refractivity contribution in [2.24, 2.45) is 5.92 Å². The Morgan fingerprint density at radius 1 is 1.12 bits per heavy atom. The topological polar surface area (TPSA) is 69.7 Å². The van der Waals surface area contributed by atoms with Gasteiger partial charge < -0.3 is 9.80 Å². The molecule has 1 N–H and O–H groups in total. The van der Waals surface area contributed by atoms with Gasteiger partial charge in [-0.1, -0.05) is 18.2 Å². The van der Waals surface area contributed by atoms with E-state index in [1.54, 1.807) is 0 Å². The number of rotatable bonds is 4. The number of para-hydroxylation sites is 1. The van der Waals surface area contributed by atoms with Crippen molar-refractivity contribution in [1.82, 2.24) is 9.62 Å². The number of sulfonamides is 1. The van der Waals surface area contributed by atoms with Crippen molar-refractivity contribution in [2.75, 3.05) is 37.3 Å². The van der Waals surface area contributed by atoms with E-state index in [0.29, 0.717) is 6.54 Å². The Labute approximate surface area is 143 Å². The summed E-state index contributed by atoms with van der Waals surface area (Å²) in [4.78, 5) is 16.9. The smallest absolute Gasteiger partial charge is 0.227 e. The minimum Gasteiger partial charge on any atom is -0.371 e. The molecule has 0 aliphatic carbocycles. The number of piperidine rings is 1. The molecule has 0 aromatic heterocycles. The zero-order valence-electron chi connectivity index (χ0n) is 14.0. The molecule has 2 heterocycles. The molecule has 1 amide bonds. The summed E-state index contributed by atoms with van der Waals surface area (Å²) >= 11 is 0. The van der Waals surface area contributed by atoms with Gasteiger partial charge in [-0.15, -0.1) is 0 Å². The standard InChI is InChI=1S/C17H25N3O3S/c1-24(22,23)18-15-6-5-10-20(13-15)17(21)14-9-11-19(12-14)16-7-3-2-4-8-16/h2-4,7-8,14-15,18H,5-6,9-13H2,1H3. The van der Waals surface area contributed by atoms with Gasteiger partial charge in [0.15, 0.2) is 0 Å². The highest BCUT2D eigenvalue weighted by Crippen LogP contribution is 2.26. The highest BCUT2D eigenvalue weighted by atomic mass is 32.2. The number of likely N-dealkylation sites (tertiary alicyclic amines) is 1. The highest BCUT2D eigenvalue weighted by molar-refractivity contribution is 7.88. The maximum atomic E-state index is 12.8. The Balaban J connectivity index is 1.58. The first-order valence-corrected chi connectivity index (χ1v) is 10.4. The molecule has 7 heteroatoms. The molecule has 0 bridgehead atoms. The molecule has 2 aliphatic rings. The van der Waals surface area contributed by atoms with Gasteiger partial charge in [0.1, 0.15) is 0 Å². The molecule has 0 spiro atoms. The van der Waals surface area contributed by atoms with Gasteiger partial charge in [0, 0.05) is 37.9 Å². The van der Waals surface area contributed by atoms with E-state index >= 15 is 0 Å². The maximum Gasteiger partial charge on any atom is 0.227 e. The third-order valence-electron chi connectivity index (χ3n) is 4.77. The fourth-order valence-electron chi connectivity index (χ4n) is 3.67. The minimum absolute atomic E-state index is 0.00203. The van der Waals surface area contributed by atoms with Crippen LogP contribution in [0.5, 0.6) is 0 Å². The van der Waals surface area contributed by atoms with Crippen molar-refractivity contribution < 1.29 is 13.2 Å². The monoisotopic (exact) mass is 351 g/mol. The van der Waals surface area contributed by atoms with Crippen LogP contribution in [0.1, 0.15) is 19.3 Å². The second-order valence-corrected chi connectivity index (χ2v) is 8.56. The second kappa shape index (κ2) is 7.11. The lowest BCUT2D eigenvalue weighted by Gasteiger charge is -2.34. The number of nitrogens with zero attached hydrogens (tertiary/aromatic N) is 2. The van der Waals surface area contributed by atoms with Crippen LogP contribution in [0.15, 0.2) is 30.3 Å². The SMILES string of the molecule is CS(=O)(=O)NC1CCCN(C(=O)C2CCN(c3ccccc3)C2)C1. The van der Waals surface area contributed by atoms with Crippen LogP contribution in [0.25, 0.3) is 0 Å². The van der Waals surface area contributed by atoms with Crippen molar-refractivity contribution in [3.8, 4) is 0 Å². The molecule has 24 heavy (non-hydrogen) atoms. The molecule has 1 aromatic rings. The van der Waals surface area contributed by atoms with Crippen LogP contribution in [0.4, 0.5) is 5.69 Å². The number of hydrogen-bond acceptors (Lipinski definition) is 4.